The van der Waals surface area contributed by atoms with E-state index in [2.05, 4.69) is 15.6 Å². The first-order chi connectivity index (χ1) is 15.5. The smallest absolute Gasteiger partial charge is 0.335 e. The second-order valence-corrected chi connectivity index (χ2v) is 11.3. The maximum Gasteiger partial charge on any atom is 0.335 e. The molecule has 2 heterocycles. The van der Waals surface area contributed by atoms with E-state index in [0.717, 1.165) is 4.70 Å². The van der Waals surface area contributed by atoms with Gasteiger partial charge >= 0.3 is 5.97 Å². The van der Waals surface area contributed by atoms with Gasteiger partial charge in [-0.05, 0) is 36.4 Å². The van der Waals surface area contributed by atoms with Crippen LogP contribution in [0.15, 0.2) is 36.4 Å². The van der Waals surface area contributed by atoms with Crippen LogP contribution in [-0.2, 0) is 14.6 Å². The summed E-state index contributed by atoms with van der Waals surface area (Å²) in [5.74, 6) is -4.33. The monoisotopic (exact) mass is 509 g/mol. The van der Waals surface area contributed by atoms with Crippen LogP contribution in [0.3, 0.4) is 0 Å². The van der Waals surface area contributed by atoms with Crippen molar-refractivity contribution in [3.8, 4) is 0 Å². The average molecular weight is 510 g/mol. The van der Waals surface area contributed by atoms with E-state index in [1.54, 1.807) is 25.2 Å². The minimum absolute atomic E-state index is 0.00551. The number of sulfone groups is 1. The Balaban J connectivity index is 1.90. The Bertz CT molecular complexity index is 1390. The number of aromatic carboxylic acids is 1. The first kappa shape index (κ1) is 23.1. The highest BCUT2D eigenvalue weighted by molar-refractivity contribution is 7.92. The molecule has 0 aliphatic carbocycles. The van der Waals surface area contributed by atoms with Crippen molar-refractivity contribution in [2.45, 2.75) is 18.0 Å². The zero-order valence-electron chi connectivity index (χ0n) is 17.5. The number of halogens is 1. The van der Waals surface area contributed by atoms with Gasteiger partial charge in [0.15, 0.2) is 15.0 Å². The van der Waals surface area contributed by atoms with Crippen molar-refractivity contribution in [3.63, 3.8) is 0 Å². The minimum Gasteiger partial charge on any atom is -0.478 e. The predicted molar refractivity (Wildman–Crippen MR) is 129 cm³/mol. The first-order valence-corrected chi connectivity index (χ1v) is 12.6. The number of anilines is 3. The van der Waals surface area contributed by atoms with Gasteiger partial charge in [-0.2, -0.15) is 0 Å². The summed E-state index contributed by atoms with van der Waals surface area (Å²) in [5.41, 5.74) is 7.06. The second-order valence-electron chi connectivity index (χ2n) is 7.48. The molecule has 10 nitrogen and oxygen atoms in total. The summed E-state index contributed by atoms with van der Waals surface area (Å²) in [7, 11) is -2.46. The molecule has 1 aliphatic rings. The van der Waals surface area contributed by atoms with Gasteiger partial charge in [0.2, 0.25) is 16.9 Å². The van der Waals surface area contributed by atoms with Crippen molar-refractivity contribution in [2.75, 3.05) is 28.3 Å². The standard InChI is InChI=1S/C20H20ClN5O5S2/c1-3-33(30,31)16(17(22)27)20(25-19-23-12-6-5-11(21)9-15(12)32-19)24-13-8-10(18(28)29)4-7-14(13)26(20)2/h4-9,16,24H,3H2,1-2H3,(H2,22,27)(H,23,25)(H,28,29). The predicted octanol–water partition coefficient (Wildman–Crippen LogP) is 2.56. The molecule has 1 aromatic heterocycles. The van der Waals surface area contributed by atoms with E-state index in [-0.39, 0.29) is 11.3 Å². The van der Waals surface area contributed by atoms with Crippen molar-refractivity contribution >= 4 is 71.4 Å². The summed E-state index contributed by atoms with van der Waals surface area (Å²) in [6.45, 7) is 1.42. The number of benzene rings is 2. The zero-order chi connectivity index (χ0) is 24.1. The topological polar surface area (TPSA) is 155 Å². The Kier molecular flexibility index (Phi) is 5.63. The minimum atomic E-state index is -4.04. The van der Waals surface area contributed by atoms with Gasteiger partial charge in [-0.3, -0.25) is 4.79 Å². The number of nitrogens with one attached hydrogen (secondary N) is 2. The maximum absolute atomic E-state index is 13.1. The third-order valence-corrected chi connectivity index (χ3v) is 8.77. The summed E-state index contributed by atoms with van der Waals surface area (Å²) in [5, 5.41) is 14.6. The lowest BCUT2D eigenvalue weighted by atomic mass is 10.2. The van der Waals surface area contributed by atoms with Crippen molar-refractivity contribution in [1.29, 1.82) is 0 Å². The number of fused-ring (bicyclic) bond motifs is 2. The Hall–Kier alpha value is -3.09. The Morgan fingerprint density at radius 3 is 2.70 bits per heavy atom. The summed E-state index contributed by atoms with van der Waals surface area (Å²) in [6.07, 6.45) is 0. The summed E-state index contributed by atoms with van der Waals surface area (Å²) in [6, 6.07) is 9.42. The number of hydrogen-bond donors (Lipinski definition) is 4. The highest BCUT2D eigenvalue weighted by Crippen LogP contribution is 2.44. The lowest BCUT2D eigenvalue weighted by Gasteiger charge is -2.42. The third kappa shape index (κ3) is 3.83. The molecule has 0 fully saturated rings. The van der Waals surface area contributed by atoms with Crippen LogP contribution >= 0.6 is 22.9 Å². The molecule has 0 spiro atoms. The molecule has 2 unspecified atom stereocenters. The molecule has 0 radical (unpaired) electrons. The number of hydrogen-bond acceptors (Lipinski definition) is 9. The van der Waals surface area contributed by atoms with E-state index in [1.807, 2.05) is 0 Å². The van der Waals surface area contributed by atoms with Crippen LogP contribution in [0.25, 0.3) is 10.2 Å². The molecule has 3 aromatic rings. The number of nitrogens with zero attached hydrogens (tertiary/aromatic N) is 2. The highest BCUT2D eigenvalue weighted by atomic mass is 35.5. The van der Waals surface area contributed by atoms with Gasteiger partial charge in [0.1, 0.15) is 0 Å². The Morgan fingerprint density at radius 2 is 2.06 bits per heavy atom. The van der Waals surface area contributed by atoms with Crippen LogP contribution in [0.1, 0.15) is 17.3 Å². The molecule has 1 aliphatic heterocycles. The van der Waals surface area contributed by atoms with Crippen LogP contribution in [-0.4, -0.2) is 54.2 Å². The van der Waals surface area contributed by atoms with Crippen molar-refractivity contribution in [3.05, 3.63) is 47.0 Å². The Morgan fingerprint density at radius 1 is 1.33 bits per heavy atom. The molecule has 1 amide bonds. The van der Waals surface area contributed by atoms with E-state index in [4.69, 9.17) is 17.3 Å². The molecule has 13 heteroatoms. The van der Waals surface area contributed by atoms with Crippen LogP contribution in [0.4, 0.5) is 16.5 Å². The summed E-state index contributed by atoms with van der Waals surface area (Å²) >= 11 is 7.29. The fraction of sp³-hybridized carbons (Fsp3) is 0.250. The molecule has 4 rings (SSSR count). The molecular weight excluding hydrogens is 490 g/mol. The molecule has 2 aromatic carbocycles. The number of amides is 1. The van der Waals surface area contributed by atoms with Gasteiger partial charge in [0, 0.05) is 17.8 Å². The van der Waals surface area contributed by atoms with Crippen LogP contribution in [0, 0.1) is 0 Å². The van der Waals surface area contributed by atoms with Crippen molar-refractivity contribution in [1.82, 2.24) is 4.98 Å². The van der Waals surface area contributed by atoms with Gasteiger partial charge < -0.3 is 26.4 Å². The van der Waals surface area contributed by atoms with Crippen molar-refractivity contribution < 1.29 is 23.1 Å². The van der Waals surface area contributed by atoms with Crippen LogP contribution in [0.2, 0.25) is 5.02 Å². The number of primary amides is 1. The van der Waals surface area contributed by atoms with E-state index < -0.39 is 32.8 Å². The number of thiazole rings is 1. The van der Waals surface area contributed by atoms with E-state index in [9.17, 15) is 23.1 Å². The Labute approximate surface area is 198 Å². The molecule has 174 valence electrons. The number of carboxylic acids is 1. The maximum atomic E-state index is 13.1. The normalized spacial score (nSPS) is 18.6. The molecule has 33 heavy (non-hydrogen) atoms. The van der Waals surface area contributed by atoms with Crippen molar-refractivity contribution in [2.24, 2.45) is 5.73 Å². The lowest BCUT2D eigenvalue weighted by molar-refractivity contribution is -0.118. The molecular formula is C20H20ClN5O5S2. The van der Waals surface area contributed by atoms with E-state index in [1.165, 1.54) is 41.4 Å². The summed E-state index contributed by atoms with van der Waals surface area (Å²) in [4.78, 5) is 30.1. The number of aromatic nitrogens is 1. The number of rotatable bonds is 7. The fourth-order valence-electron chi connectivity index (χ4n) is 3.89. The quantitative estimate of drug-likeness (QED) is 0.376. The van der Waals surface area contributed by atoms with Crippen LogP contribution < -0.4 is 21.3 Å². The SMILES string of the molecule is CCS(=O)(=O)C(C(N)=O)C1(Nc2nc3ccc(Cl)cc3s2)Nc2cc(C(=O)O)ccc2N1C. The molecule has 2 atom stereocenters. The molecule has 0 saturated carbocycles. The zero-order valence-corrected chi connectivity index (χ0v) is 19.9. The average Bonchev–Trinajstić information content (AvgIpc) is 3.25. The van der Waals surface area contributed by atoms with Gasteiger partial charge in [-0.15, -0.1) is 0 Å². The number of carboxylic acid groups (broad SMARTS) is 1. The first-order valence-electron chi connectivity index (χ1n) is 9.73. The fourth-order valence-corrected chi connectivity index (χ4v) is 6.57. The van der Waals surface area contributed by atoms with Crippen LogP contribution in [0.5, 0.6) is 0 Å². The van der Waals surface area contributed by atoms with Gasteiger partial charge in [0.25, 0.3) is 0 Å². The second kappa shape index (κ2) is 8.04. The lowest BCUT2D eigenvalue weighted by Crippen LogP contribution is -2.69. The molecule has 0 saturated heterocycles. The largest absolute Gasteiger partial charge is 0.478 e. The molecule has 0 bridgehead atoms. The van der Waals surface area contributed by atoms with Gasteiger partial charge in [-0.25, -0.2) is 18.2 Å². The highest BCUT2D eigenvalue weighted by Gasteiger charge is 2.56. The number of carbonyl (C=O) groups excluding carboxylic acids is 1. The van der Waals surface area contributed by atoms with E-state index >= 15 is 0 Å². The van der Waals surface area contributed by atoms with Gasteiger partial charge in [-0.1, -0.05) is 29.9 Å². The third-order valence-electron chi connectivity index (χ3n) is 5.51. The van der Waals surface area contributed by atoms with E-state index in [0.29, 0.717) is 27.0 Å². The summed E-state index contributed by atoms with van der Waals surface area (Å²) < 4.78 is 26.9. The van der Waals surface area contributed by atoms with Gasteiger partial charge in [0.05, 0.1) is 27.2 Å². The molecule has 5 N–H and O–H groups in total. The number of carbonyl (C=O) groups is 2. The number of nitrogens with two attached hydrogens (primary N) is 1.